The average Bonchev–Trinajstić information content (AvgIpc) is 3.00. The van der Waals surface area contributed by atoms with Gasteiger partial charge in [-0.3, -0.25) is 0 Å². The zero-order valence-corrected chi connectivity index (χ0v) is 16.9. The van der Waals surface area contributed by atoms with Crippen molar-refractivity contribution in [3.05, 3.63) is 29.3 Å². The Hall–Kier alpha value is -1.06. The zero-order chi connectivity index (χ0) is 18.9. The maximum Gasteiger partial charge on any atom is 0.115 e. The Balaban J connectivity index is 1.39. The molecule has 0 amide bonds. The zero-order valence-electron chi connectivity index (χ0n) is 16.9. The Morgan fingerprint density at radius 1 is 1.07 bits per heavy atom. The van der Waals surface area contributed by atoms with Crippen LogP contribution in [0.1, 0.15) is 81.8 Å². The van der Waals surface area contributed by atoms with Crippen LogP contribution in [0.5, 0.6) is 5.75 Å². The van der Waals surface area contributed by atoms with Crippen LogP contribution in [0.25, 0.3) is 0 Å². The molecule has 0 spiro atoms. The Morgan fingerprint density at radius 2 is 1.93 bits per heavy atom. The third-order valence-corrected chi connectivity index (χ3v) is 8.19. The van der Waals surface area contributed by atoms with Gasteiger partial charge in [-0.15, -0.1) is 0 Å². The van der Waals surface area contributed by atoms with Crippen molar-refractivity contribution in [3.8, 4) is 5.75 Å². The maximum absolute atomic E-state index is 9.84. The molecule has 5 unspecified atom stereocenters. The van der Waals surface area contributed by atoms with E-state index in [0.29, 0.717) is 29.7 Å². The number of hydrogen-bond donors (Lipinski definition) is 3. The maximum atomic E-state index is 9.84. The lowest BCUT2D eigenvalue weighted by molar-refractivity contribution is 0.0412. The predicted molar refractivity (Wildman–Crippen MR) is 110 cm³/mol. The molecule has 0 aromatic heterocycles. The molecule has 1 aromatic rings. The van der Waals surface area contributed by atoms with Gasteiger partial charge in [0.05, 0.1) is 0 Å². The average molecular weight is 372 g/mol. The van der Waals surface area contributed by atoms with Crippen LogP contribution >= 0.6 is 0 Å². The minimum atomic E-state index is 0.334. The number of unbranched alkanes of at least 4 members (excludes halogenated alkanes) is 3. The molecule has 5 atom stereocenters. The van der Waals surface area contributed by atoms with Gasteiger partial charge in [-0.1, -0.05) is 25.8 Å². The number of aromatic hydroxyl groups is 1. The molecule has 0 radical (unpaired) electrons. The highest BCUT2D eigenvalue weighted by molar-refractivity contribution is 5.40. The standard InChI is InChI=1S/C24H37NO2/c1-24-13-12-20-19-9-7-18(27)16-17(19)6-8-21(20)22(24)10-11-23(24)25-14-4-2-3-5-15-26/h7,9,16,20-23,25-27H,2-6,8,10-15H2,1H3. The fraction of sp³-hybridized carbons (Fsp3) is 0.750. The van der Waals surface area contributed by atoms with Gasteiger partial charge in [-0.25, -0.2) is 0 Å². The number of aliphatic hydroxyl groups is 1. The van der Waals surface area contributed by atoms with E-state index in [1.54, 1.807) is 0 Å². The summed E-state index contributed by atoms with van der Waals surface area (Å²) in [6.45, 7) is 4.03. The summed E-state index contributed by atoms with van der Waals surface area (Å²) in [6, 6.07) is 6.80. The molecule has 0 saturated heterocycles. The molecular weight excluding hydrogens is 334 g/mol. The monoisotopic (exact) mass is 371 g/mol. The van der Waals surface area contributed by atoms with E-state index in [9.17, 15) is 5.11 Å². The second-order valence-corrected chi connectivity index (χ2v) is 9.57. The van der Waals surface area contributed by atoms with Crippen LogP contribution in [-0.2, 0) is 6.42 Å². The highest BCUT2D eigenvalue weighted by Gasteiger charge is 2.54. The van der Waals surface area contributed by atoms with Gasteiger partial charge in [-0.2, -0.15) is 0 Å². The van der Waals surface area contributed by atoms with Gasteiger partial charge < -0.3 is 15.5 Å². The number of phenolic OH excluding ortho intramolecular Hbond substituents is 1. The normalized spacial score (nSPS) is 34.7. The molecule has 4 rings (SSSR count). The SMILES string of the molecule is CC12CCC3c4ccc(O)cc4CCC3C1CCC2NCCCCCCO. The Kier molecular flexibility index (Phi) is 5.80. The Labute approximate surface area is 164 Å². The highest BCUT2D eigenvalue weighted by atomic mass is 16.3. The number of fused-ring (bicyclic) bond motifs is 5. The second-order valence-electron chi connectivity index (χ2n) is 9.57. The van der Waals surface area contributed by atoms with Crippen molar-refractivity contribution in [1.82, 2.24) is 5.32 Å². The van der Waals surface area contributed by atoms with Gasteiger partial charge in [0, 0.05) is 12.6 Å². The lowest BCUT2D eigenvalue weighted by Gasteiger charge is -2.51. The number of benzene rings is 1. The molecule has 0 heterocycles. The van der Waals surface area contributed by atoms with Crippen molar-refractivity contribution in [2.24, 2.45) is 17.3 Å². The first-order valence-corrected chi connectivity index (χ1v) is 11.3. The quantitative estimate of drug-likeness (QED) is 0.606. The summed E-state index contributed by atoms with van der Waals surface area (Å²) in [7, 11) is 0. The van der Waals surface area contributed by atoms with Crippen LogP contribution in [0.3, 0.4) is 0 Å². The number of aryl methyl sites for hydroxylation is 1. The van der Waals surface area contributed by atoms with Crippen molar-refractivity contribution in [3.63, 3.8) is 0 Å². The van der Waals surface area contributed by atoms with Crippen LogP contribution in [0.15, 0.2) is 18.2 Å². The first kappa shape index (κ1) is 19.3. The van der Waals surface area contributed by atoms with E-state index >= 15 is 0 Å². The van der Waals surface area contributed by atoms with Crippen LogP contribution in [0.4, 0.5) is 0 Å². The van der Waals surface area contributed by atoms with E-state index in [1.165, 1.54) is 56.1 Å². The number of rotatable bonds is 7. The molecule has 3 N–H and O–H groups in total. The van der Waals surface area contributed by atoms with Gasteiger partial charge in [-0.05, 0) is 104 Å². The van der Waals surface area contributed by atoms with E-state index in [-0.39, 0.29) is 0 Å². The summed E-state index contributed by atoms with van der Waals surface area (Å²) in [4.78, 5) is 0. The molecular formula is C24H37NO2. The van der Waals surface area contributed by atoms with Crippen molar-refractivity contribution < 1.29 is 10.2 Å². The number of aliphatic hydroxyl groups excluding tert-OH is 1. The van der Waals surface area contributed by atoms with Crippen LogP contribution in [0.2, 0.25) is 0 Å². The molecule has 2 fully saturated rings. The highest BCUT2D eigenvalue weighted by Crippen LogP contribution is 2.60. The van der Waals surface area contributed by atoms with Crippen LogP contribution < -0.4 is 5.32 Å². The lowest BCUT2D eigenvalue weighted by atomic mass is 9.55. The van der Waals surface area contributed by atoms with Crippen molar-refractivity contribution in [2.45, 2.75) is 83.1 Å². The van der Waals surface area contributed by atoms with E-state index in [4.69, 9.17) is 5.11 Å². The largest absolute Gasteiger partial charge is 0.508 e. The van der Waals surface area contributed by atoms with Gasteiger partial charge in [0.2, 0.25) is 0 Å². The molecule has 3 aliphatic carbocycles. The van der Waals surface area contributed by atoms with Gasteiger partial charge in [0.25, 0.3) is 0 Å². The Morgan fingerprint density at radius 3 is 2.78 bits per heavy atom. The molecule has 3 nitrogen and oxygen atoms in total. The third kappa shape index (κ3) is 3.65. The summed E-state index contributed by atoms with van der Waals surface area (Å²) >= 11 is 0. The first-order valence-electron chi connectivity index (χ1n) is 11.3. The number of nitrogens with one attached hydrogen (secondary N) is 1. The van der Waals surface area contributed by atoms with Crippen molar-refractivity contribution in [1.29, 1.82) is 0 Å². The molecule has 0 aliphatic heterocycles. The molecule has 3 aliphatic rings. The number of hydrogen-bond acceptors (Lipinski definition) is 3. The van der Waals surface area contributed by atoms with E-state index in [0.717, 1.165) is 37.6 Å². The van der Waals surface area contributed by atoms with E-state index in [1.807, 2.05) is 12.1 Å². The number of phenols is 1. The molecule has 2 saturated carbocycles. The molecule has 3 heteroatoms. The third-order valence-electron chi connectivity index (χ3n) is 8.19. The fourth-order valence-corrected chi connectivity index (χ4v) is 6.77. The topological polar surface area (TPSA) is 52.5 Å². The summed E-state index contributed by atoms with van der Waals surface area (Å²) in [6.07, 6.45) is 12.4. The smallest absolute Gasteiger partial charge is 0.115 e. The van der Waals surface area contributed by atoms with Gasteiger partial charge in [0.15, 0.2) is 0 Å². The van der Waals surface area contributed by atoms with Crippen LogP contribution in [0, 0.1) is 17.3 Å². The molecule has 1 aromatic carbocycles. The van der Waals surface area contributed by atoms with Gasteiger partial charge in [0.1, 0.15) is 5.75 Å². The summed E-state index contributed by atoms with van der Waals surface area (Å²) in [5, 5.41) is 22.7. The lowest BCUT2D eigenvalue weighted by Crippen LogP contribution is -2.48. The molecule has 27 heavy (non-hydrogen) atoms. The Bertz CT molecular complexity index is 645. The summed E-state index contributed by atoms with van der Waals surface area (Å²) in [5.74, 6) is 2.82. The van der Waals surface area contributed by atoms with E-state index in [2.05, 4.69) is 18.3 Å². The summed E-state index contributed by atoms with van der Waals surface area (Å²) in [5.41, 5.74) is 3.39. The minimum Gasteiger partial charge on any atom is -0.508 e. The van der Waals surface area contributed by atoms with Crippen molar-refractivity contribution >= 4 is 0 Å². The first-order chi connectivity index (χ1) is 13.1. The second kappa shape index (κ2) is 8.13. The van der Waals surface area contributed by atoms with Crippen molar-refractivity contribution in [2.75, 3.05) is 13.2 Å². The minimum absolute atomic E-state index is 0.334. The van der Waals surface area contributed by atoms with Crippen LogP contribution in [-0.4, -0.2) is 29.4 Å². The van der Waals surface area contributed by atoms with Gasteiger partial charge >= 0.3 is 0 Å². The predicted octanol–water partition coefficient (Wildman–Crippen LogP) is 4.76. The molecule has 0 bridgehead atoms. The summed E-state index contributed by atoms with van der Waals surface area (Å²) < 4.78 is 0. The van der Waals surface area contributed by atoms with E-state index < -0.39 is 0 Å². The molecule has 150 valence electrons. The fourth-order valence-electron chi connectivity index (χ4n) is 6.77.